The number of ether oxygens (including phenoxy) is 1. The Morgan fingerprint density at radius 2 is 1.68 bits per heavy atom. The number of amides is 2. The van der Waals surface area contributed by atoms with E-state index < -0.39 is 0 Å². The van der Waals surface area contributed by atoms with Crippen LogP contribution in [0.25, 0.3) is 0 Å². The zero-order valence-corrected chi connectivity index (χ0v) is 16.7. The first-order chi connectivity index (χ1) is 13.5. The lowest BCUT2D eigenvalue weighted by Crippen LogP contribution is -2.45. The molecule has 3 rings (SSSR count). The van der Waals surface area contributed by atoms with Gasteiger partial charge in [0.15, 0.2) is 0 Å². The summed E-state index contributed by atoms with van der Waals surface area (Å²) in [6.07, 6.45) is 2.02. The van der Waals surface area contributed by atoms with Crippen LogP contribution in [0.3, 0.4) is 0 Å². The fourth-order valence-electron chi connectivity index (χ4n) is 3.56. The fourth-order valence-corrected chi connectivity index (χ4v) is 3.68. The van der Waals surface area contributed by atoms with Crippen LogP contribution in [0.1, 0.15) is 30.9 Å². The maximum atomic E-state index is 12.5. The second-order valence-electron chi connectivity index (χ2n) is 7.23. The summed E-state index contributed by atoms with van der Waals surface area (Å²) in [5.41, 5.74) is 2.67. The van der Waals surface area contributed by atoms with Gasteiger partial charge in [-0.1, -0.05) is 35.9 Å². The van der Waals surface area contributed by atoms with Crippen molar-refractivity contribution < 1.29 is 14.3 Å². The van der Waals surface area contributed by atoms with Crippen molar-refractivity contribution in [3.8, 4) is 0 Å². The topological polar surface area (TPSA) is 67.4 Å². The molecule has 0 aliphatic carbocycles. The highest BCUT2D eigenvalue weighted by molar-refractivity contribution is 6.30. The molecular formula is C22H25ClN2O3. The lowest BCUT2D eigenvalue weighted by Gasteiger charge is -2.38. The second kappa shape index (κ2) is 9.22. The van der Waals surface area contributed by atoms with Gasteiger partial charge in [0.25, 0.3) is 0 Å². The Kier molecular flexibility index (Phi) is 6.70. The summed E-state index contributed by atoms with van der Waals surface area (Å²) in [6.45, 7) is 3.40. The van der Waals surface area contributed by atoms with E-state index in [1.54, 1.807) is 12.1 Å². The quantitative estimate of drug-likeness (QED) is 0.776. The molecule has 2 amide bonds. The van der Waals surface area contributed by atoms with Crippen LogP contribution in [0.5, 0.6) is 0 Å². The summed E-state index contributed by atoms with van der Waals surface area (Å²) in [5.74, 6) is -0.137. The van der Waals surface area contributed by atoms with E-state index in [-0.39, 0.29) is 17.2 Å². The molecule has 0 unspecified atom stereocenters. The first-order valence-electron chi connectivity index (χ1n) is 9.44. The zero-order chi connectivity index (χ0) is 20.0. The predicted octanol–water partition coefficient (Wildman–Crippen LogP) is 3.71. The number of rotatable bonds is 6. The number of carbonyl (C=O) groups excluding carboxylic acids is 2. The van der Waals surface area contributed by atoms with Crippen LogP contribution in [-0.2, 0) is 26.2 Å². The molecule has 2 aromatic rings. The molecule has 0 aromatic heterocycles. The molecule has 1 fully saturated rings. The van der Waals surface area contributed by atoms with Crippen molar-refractivity contribution >= 4 is 29.1 Å². The minimum absolute atomic E-state index is 0.0212. The van der Waals surface area contributed by atoms with Gasteiger partial charge in [0, 0.05) is 42.8 Å². The fraction of sp³-hybridized carbons (Fsp3) is 0.364. The Labute approximate surface area is 170 Å². The number of carbonyl (C=O) groups is 2. The smallest absolute Gasteiger partial charge is 0.224 e. The van der Waals surface area contributed by atoms with E-state index in [9.17, 15) is 9.59 Å². The van der Waals surface area contributed by atoms with Crippen LogP contribution < -0.4 is 10.6 Å². The van der Waals surface area contributed by atoms with Crippen molar-refractivity contribution in [1.29, 1.82) is 0 Å². The average Bonchev–Trinajstić information content (AvgIpc) is 2.69. The highest BCUT2D eigenvalue weighted by Gasteiger charge is 2.34. The molecule has 1 aliphatic rings. The monoisotopic (exact) mass is 400 g/mol. The lowest BCUT2D eigenvalue weighted by molar-refractivity contribution is -0.121. The molecule has 1 aliphatic heterocycles. The first-order valence-corrected chi connectivity index (χ1v) is 9.82. The molecule has 0 atom stereocenters. The summed E-state index contributed by atoms with van der Waals surface area (Å²) >= 11 is 6.04. The summed E-state index contributed by atoms with van der Waals surface area (Å²) < 4.78 is 5.54. The summed E-state index contributed by atoms with van der Waals surface area (Å²) in [7, 11) is 0. The molecule has 6 heteroatoms. The van der Waals surface area contributed by atoms with Crippen molar-refractivity contribution in [2.24, 2.45) is 0 Å². The van der Waals surface area contributed by atoms with E-state index in [0.29, 0.717) is 31.2 Å². The normalized spacial score (nSPS) is 15.6. The molecule has 0 bridgehead atoms. The second-order valence-corrected chi connectivity index (χ2v) is 7.67. The Balaban J connectivity index is 1.62. The SMILES string of the molecule is CC(=O)Nc1ccc(CC(=O)NCC2(c3ccc(Cl)cc3)CCOCC2)cc1. The molecule has 0 spiro atoms. The van der Waals surface area contributed by atoms with Gasteiger partial charge in [-0.25, -0.2) is 0 Å². The minimum Gasteiger partial charge on any atom is -0.381 e. The van der Waals surface area contributed by atoms with Crippen LogP contribution in [-0.4, -0.2) is 31.6 Å². The van der Waals surface area contributed by atoms with Crippen molar-refractivity contribution in [2.45, 2.75) is 31.6 Å². The number of hydrogen-bond donors (Lipinski definition) is 2. The molecule has 28 heavy (non-hydrogen) atoms. The molecule has 0 saturated carbocycles. The molecular weight excluding hydrogens is 376 g/mol. The van der Waals surface area contributed by atoms with Gasteiger partial charge in [0.2, 0.25) is 11.8 Å². The highest BCUT2D eigenvalue weighted by atomic mass is 35.5. The van der Waals surface area contributed by atoms with Crippen LogP contribution >= 0.6 is 11.6 Å². The Morgan fingerprint density at radius 1 is 1.04 bits per heavy atom. The maximum Gasteiger partial charge on any atom is 0.224 e. The van der Waals surface area contributed by atoms with Crippen molar-refractivity contribution in [2.75, 3.05) is 25.1 Å². The third kappa shape index (κ3) is 5.33. The highest BCUT2D eigenvalue weighted by Crippen LogP contribution is 2.34. The van der Waals surface area contributed by atoms with Crippen LogP contribution in [0.15, 0.2) is 48.5 Å². The maximum absolute atomic E-state index is 12.5. The van der Waals surface area contributed by atoms with Gasteiger partial charge in [0.05, 0.1) is 6.42 Å². The molecule has 2 N–H and O–H groups in total. The molecule has 1 saturated heterocycles. The number of anilines is 1. The number of hydrogen-bond acceptors (Lipinski definition) is 3. The van der Waals surface area contributed by atoms with E-state index >= 15 is 0 Å². The van der Waals surface area contributed by atoms with Gasteiger partial charge in [-0.15, -0.1) is 0 Å². The van der Waals surface area contributed by atoms with E-state index in [1.165, 1.54) is 12.5 Å². The van der Waals surface area contributed by atoms with Gasteiger partial charge in [-0.3, -0.25) is 9.59 Å². The van der Waals surface area contributed by atoms with Gasteiger partial charge in [-0.05, 0) is 48.2 Å². The van der Waals surface area contributed by atoms with Gasteiger partial charge >= 0.3 is 0 Å². The zero-order valence-electron chi connectivity index (χ0n) is 16.0. The predicted molar refractivity (Wildman–Crippen MR) is 111 cm³/mol. The summed E-state index contributed by atoms with van der Waals surface area (Å²) in [6, 6.07) is 15.2. The number of benzene rings is 2. The Hall–Kier alpha value is -2.37. The summed E-state index contributed by atoms with van der Waals surface area (Å²) in [5, 5.41) is 6.53. The third-order valence-electron chi connectivity index (χ3n) is 5.17. The van der Waals surface area contributed by atoms with Gasteiger partial charge in [0.1, 0.15) is 0 Å². The van der Waals surface area contributed by atoms with Crippen LogP contribution in [0.4, 0.5) is 5.69 Å². The van der Waals surface area contributed by atoms with Crippen LogP contribution in [0, 0.1) is 0 Å². The van der Waals surface area contributed by atoms with E-state index in [0.717, 1.165) is 24.1 Å². The van der Waals surface area contributed by atoms with E-state index in [2.05, 4.69) is 10.6 Å². The molecule has 5 nitrogen and oxygen atoms in total. The van der Waals surface area contributed by atoms with E-state index in [1.807, 2.05) is 36.4 Å². The number of halogens is 1. The molecule has 0 radical (unpaired) electrons. The lowest BCUT2D eigenvalue weighted by atomic mass is 9.74. The largest absolute Gasteiger partial charge is 0.381 e. The molecule has 1 heterocycles. The number of nitrogens with one attached hydrogen (secondary N) is 2. The molecule has 2 aromatic carbocycles. The van der Waals surface area contributed by atoms with E-state index in [4.69, 9.17) is 16.3 Å². The van der Waals surface area contributed by atoms with Crippen molar-refractivity contribution in [3.05, 3.63) is 64.7 Å². The van der Waals surface area contributed by atoms with Crippen molar-refractivity contribution in [3.63, 3.8) is 0 Å². The Morgan fingerprint density at radius 3 is 2.29 bits per heavy atom. The van der Waals surface area contributed by atoms with Crippen LogP contribution in [0.2, 0.25) is 5.02 Å². The average molecular weight is 401 g/mol. The van der Waals surface area contributed by atoms with Gasteiger partial charge in [-0.2, -0.15) is 0 Å². The summed E-state index contributed by atoms with van der Waals surface area (Å²) in [4.78, 5) is 23.6. The third-order valence-corrected chi connectivity index (χ3v) is 5.42. The minimum atomic E-state index is -0.131. The van der Waals surface area contributed by atoms with Gasteiger partial charge < -0.3 is 15.4 Å². The molecule has 148 valence electrons. The standard InChI is InChI=1S/C22H25ClN2O3/c1-16(26)25-20-8-2-17(3-9-20)14-21(27)24-15-22(10-12-28-13-11-22)18-4-6-19(23)7-5-18/h2-9H,10-15H2,1H3,(H,24,27)(H,25,26). The first kappa shape index (κ1) is 20.4. The van der Waals surface area contributed by atoms with Crippen molar-refractivity contribution in [1.82, 2.24) is 5.32 Å². The Bertz CT molecular complexity index is 813.